The first-order chi connectivity index (χ1) is 11.0. The van der Waals surface area contributed by atoms with E-state index < -0.39 is 5.54 Å². The van der Waals surface area contributed by atoms with Gasteiger partial charge in [0.25, 0.3) is 0 Å². The van der Waals surface area contributed by atoms with Crippen LogP contribution in [0.4, 0.5) is 5.69 Å². The molecule has 2 atom stereocenters. The number of carbonyl (C=O) groups excluding carboxylic acids is 1. The molecule has 0 radical (unpaired) electrons. The summed E-state index contributed by atoms with van der Waals surface area (Å²) in [7, 11) is 0. The monoisotopic (exact) mass is 313 g/mol. The summed E-state index contributed by atoms with van der Waals surface area (Å²) in [5.74, 6) is -0.0928. The number of hydrogen-bond acceptors (Lipinski definition) is 4. The van der Waals surface area contributed by atoms with E-state index in [1.54, 1.807) is 11.0 Å². The predicted molar refractivity (Wildman–Crippen MR) is 88.7 cm³/mol. The Morgan fingerprint density at radius 2 is 2.17 bits per heavy atom. The van der Waals surface area contributed by atoms with E-state index in [1.807, 2.05) is 31.2 Å². The fourth-order valence-electron chi connectivity index (χ4n) is 3.21. The van der Waals surface area contributed by atoms with Crippen molar-refractivity contribution in [3.63, 3.8) is 0 Å². The minimum Gasteiger partial charge on any atom is -0.326 e. The van der Waals surface area contributed by atoms with E-state index in [1.165, 1.54) is 6.33 Å². The van der Waals surface area contributed by atoms with E-state index in [0.717, 1.165) is 36.9 Å². The molecule has 122 valence electrons. The average Bonchev–Trinajstić information content (AvgIpc) is 3.01. The molecule has 1 fully saturated rings. The molecule has 0 spiro atoms. The topological polar surface area (TPSA) is 85.8 Å². The van der Waals surface area contributed by atoms with Gasteiger partial charge >= 0.3 is 0 Å². The molecule has 0 bridgehead atoms. The van der Waals surface area contributed by atoms with Gasteiger partial charge in [0.15, 0.2) is 0 Å². The molecule has 0 saturated heterocycles. The second-order valence-corrected chi connectivity index (χ2v) is 6.58. The Balaban J connectivity index is 1.62. The quantitative estimate of drug-likeness (QED) is 0.906. The van der Waals surface area contributed by atoms with E-state index in [2.05, 4.69) is 15.4 Å². The van der Waals surface area contributed by atoms with Crippen LogP contribution in [0.5, 0.6) is 0 Å². The molecule has 1 aromatic heterocycles. The summed E-state index contributed by atoms with van der Waals surface area (Å²) in [5.41, 5.74) is 7.80. The van der Waals surface area contributed by atoms with Gasteiger partial charge in [-0.25, -0.2) is 9.67 Å². The first kappa shape index (κ1) is 15.7. The van der Waals surface area contributed by atoms with Crippen molar-refractivity contribution in [2.24, 2.45) is 11.7 Å². The first-order valence-electron chi connectivity index (χ1n) is 8.06. The third-order valence-electron chi connectivity index (χ3n) is 4.60. The molecule has 23 heavy (non-hydrogen) atoms. The number of rotatable bonds is 4. The Morgan fingerprint density at radius 3 is 2.83 bits per heavy atom. The lowest BCUT2D eigenvalue weighted by molar-refractivity contribution is -0.122. The smallest absolute Gasteiger partial charge is 0.229 e. The third-order valence-corrected chi connectivity index (χ3v) is 4.60. The van der Waals surface area contributed by atoms with Crippen molar-refractivity contribution in [2.45, 2.75) is 44.7 Å². The molecule has 1 heterocycles. The van der Waals surface area contributed by atoms with Crippen molar-refractivity contribution in [2.75, 3.05) is 5.32 Å². The van der Waals surface area contributed by atoms with Gasteiger partial charge in [-0.2, -0.15) is 5.10 Å². The minimum absolute atomic E-state index is 0.0266. The van der Waals surface area contributed by atoms with Crippen LogP contribution in [0.1, 0.15) is 38.2 Å². The van der Waals surface area contributed by atoms with Crippen LogP contribution in [0.2, 0.25) is 0 Å². The molecular weight excluding hydrogens is 290 g/mol. The van der Waals surface area contributed by atoms with Crippen molar-refractivity contribution < 1.29 is 4.79 Å². The number of carbonyl (C=O) groups is 1. The fraction of sp³-hybridized carbons (Fsp3) is 0.471. The molecule has 6 nitrogen and oxygen atoms in total. The van der Waals surface area contributed by atoms with Gasteiger partial charge in [-0.1, -0.05) is 25.0 Å². The molecule has 3 rings (SSSR count). The van der Waals surface area contributed by atoms with Gasteiger partial charge in [0, 0.05) is 11.2 Å². The van der Waals surface area contributed by atoms with Crippen molar-refractivity contribution in [1.82, 2.24) is 14.8 Å². The SMILES string of the molecule is CC1(N)CCCCC1C(=O)Nc1ccc(Cn2cncn2)cc1. The highest BCUT2D eigenvalue weighted by atomic mass is 16.1. The summed E-state index contributed by atoms with van der Waals surface area (Å²) in [4.78, 5) is 16.4. The molecule has 2 aromatic rings. The zero-order chi connectivity index (χ0) is 16.3. The third kappa shape index (κ3) is 3.76. The number of benzene rings is 1. The second-order valence-electron chi connectivity index (χ2n) is 6.58. The van der Waals surface area contributed by atoms with E-state index >= 15 is 0 Å². The summed E-state index contributed by atoms with van der Waals surface area (Å²) in [6.07, 6.45) is 7.14. The molecule has 1 amide bonds. The number of aromatic nitrogens is 3. The molecule has 0 aliphatic heterocycles. The van der Waals surface area contributed by atoms with Crippen LogP contribution in [-0.4, -0.2) is 26.2 Å². The van der Waals surface area contributed by atoms with Crippen molar-refractivity contribution in [3.05, 3.63) is 42.5 Å². The number of nitrogens with one attached hydrogen (secondary N) is 1. The highest BCUT2D eigenvalue weighted by Crippen LogP contribution is 2.32. The Labute approximate surface area is 136 Å². The highest BCUT2D eigenvalue weighted by Gasteiger charge is 2.37. The Bertz CT molecular complexity index is 648. The van der Waals surface area contributed by atoms with E-state index in [-0.39, 0.29) is 11.8 Å². The van der Waals surface area contributed by atoms with Crippen LogP contribution >= 0.6 is 0 Å². The lowest BCUT2D eigenvalue weighted by Gasteiger charge is -2.37. The lowest BCUT2D eigenvalue weighted by Crippen LogP contribution is -2.51. The van der Waals surface area contributed by atoms with Crippen molar-refractivity contribution >= 4 is 11.6 Å². The predicted octanol–water partition coefficient (Wildman–Crippen LogP) is 2.17. The summed E-state index contributed by atoms with van der Waals surface area (Å²) < 4.78 is 1.76. The van der Waals surface area contributed by atoms with Gasteiger partial charge in [-0.3, -0.25) is 4.79 Å². The van der Waals surface area contributed by atoms with Crippen LogP contribution in [-0.2, 0) is 11.3 Å². The van der Waals surface area contributed by atoms with Gasteiger partial charge in [0.05, 0.1) is 12.5 Å². The molecule has 3 N–H and O–H groups in total. The number of anilines is 1. The number of nitrogens with zero attached hydrogens (tertiary/aromatic N) is 3. The zero-order valence-electron chi connectivity index (χ0n) is 13.4. The normalized spacial score (nSPS) is 24.3. The van der Waals surface area contributed by atoms with Gasteiger partial charge in [0.2, 0.25) is 5.91 Å². The standard InChI is InChI=1S/C17H23N5O/c1-17(18)9-3-2-4-15(17)16(23)21-14-7-5-13(6-8-14)10-22-12-19-11-20-22/h5-8,11-12,15H,2-4,9-10,18H2,1H3,(H,21,23). The van der Waals surface area contributed by atoms with Crippen molar-refractivity contribution in [1.29, 1.82) is 0 Å². The van der Waals surface area contributed by atoms with Crippen LogP contribution in [0.15, 0.2) is 36.9 Å². The Hall–Kier alpha value is -2.21. The molecule has 1 saturated carbocycles. The Morgan fingerprint density at radius 1 is 1.39 bits per heavy atom. The molecule has 1 aliphatic rings. The average molecular weight is 313 g/mol. The lowest BCUT2D eigenvalue weighted by atomic mass is 9.74. The van der Waals surface area contributed by atoms with Crippen LogP contribution < -0.4 is 11.1 Å². The largest absolute Gasteiger partial charge is 0.326 e. The Kier molecular flexibility index (Phi) is 4.43. The van der Waals surface area contributed by atoms with E-state index in [0.29, 0.717) is 6.54 Å². The van der Waals surface area contributed by atoms with Crippen LogP contribution in [0.25, 0.3) is 0 Å². The maximum Gasteiger partial charge on any atom is 0.229 e. The summed E-state index contributed by atoms with van der Waals surface area (Å²) >= 11 is 0. The van der Waals surface area contributed by atoms with E-state index in [9.17, 15) is 4.79 Å². The van der Waals surface area contributed by atoms with Crippen molar-refractivity contribution in [3.8, 4) is 0 Å². The minimum atomic E-state index is -0.407. The summed E-state index contributed by atoms with van der Waals surface area (Å²) in [5, 5.41) is 7.08. The second kappa shape index (κ2) is 6.50. The van der Waals surface area contributed by atoms with Gasteiger partial charge in [-0.15, -0.1) is 0 Å². The van der Waals surface area contributed by atoms with Gasteiger partial charge in [0.1, 0.15) is 12.7 Å². The van der Waals surface area contributed by atoms with Gasteiger partial charge < -0.3 is 11.1 Å². The number of hydrogen-bond donors (Lipinski definition) is 2. The first-order valence-corrected chi connectivity index (χ1v) is 8.06. The van der Waals surface area contributed by atoms with Gasteiger partial charge in [-0.05, 0) is 37.5 Å². The van der Waals surface area contributed by atoms with Crippen LogP contribution in [0, 0.1) is 5.92 Å². The van der Waals surface area contributed by atoms with E-state index in [4.69, 9.17) is 5.73 Å². The molecule has 6 heteroatoms. The molecule has 1 aliphatic carbocycles. The maximum atomic E-state index is 12.5. The number of nitrogens with two attached hydrogens (primary N) is 1. The number of amides is 1. The molecule has 1 aromatic carbocycles. The zero-order valence-corrected chi connectivity index (χ0v) is 13.4. The summed E-state index contributed by atoms with van der Waals surface area (Å²) in [6, 6.07) is 7.81. The maximum absolute atomic E-state index is 12.5. The highest BCUT2D eigenvalue weighted by molar-refractivity contribution is 5.93. The summed E-state index contributed by atoms with van der Waals surface area (Å²) in [6.45, 7) is 2.65. The molecule has 2 unspecified atom stereocenters. The van der Waals surface area contributed by atoms with Crippen LogP contribution in [0.3, 0.4) is 0 Å². The fourth-order valence-corrected chi connectivity index (χ4v) is 3.21. The molecular formula is C17H23N5O.